The molecule has 0 aliphatic heterocycles. The molecule has 1 aromatic heterocycles. The number of alkyl halides is 1. The van der Waals surface area contributed by atoms with E-state index < -0.39 is 0 Å². The van der Waals surface area contributed by atoms with Crippen LogP contribution < -0.4 is 10.1 Å². The third kappa shape index (κ3) is 3.74. The summed E-state index contributed by atoms with van der Waals surface area (Å²) in [6.07, 6.45) is 5.53. The van der Waals surface area contributed by atoms with Gasteiger partial charge in [-0.05, 0) is 91.0 Å². The van der Waals surface area contributed by atoms with Gasteiger partial charge in [0.2, 0.25) is 5.91 Å². The highest BCUT2D eigenvalue weighted by molar-refractivity contribution is 7.17. The van der Waals surface area contributed by atoms with Gasteiger partial charge in [-0.15, -0.1) is 22.9 Å². The number of thiophene rings is 1. The molecule has 0 radical (unpaired) electrons. The smallest absolute Gasteiger partial charge is 0.341 e. The van der Waals surface area contributed by atoms with Crippen molar-refractivity contribution < 1.29 is 19.1 Å². The Hall–Kier alpha value is -2.05. The molecule has 2 aromatic rings. The minimum Gasteiger partial charge on any atom is -0.497 e. The quantitative estimate of drug-likeness (QED) is 0.385. The highest BCUT2D eigenvalue weighted by Gasteiger charge is 2.55. The summed E-state index contributed by atoms with van der Waals surface area (Å²) in [7, 11) is 1.73. The molecule has 0 spiro atoms. The zero-order valence-electron chi connectivity index (χ0n) is 20.0. The number of halogens is 1. The van der Waals surface area contributed by atoms with E-state index in [2.05, 4.69) is 30.4 Å². The summed E-state index contributed by atoms with van der Waals surface area (Å²) < 4.78 is 10.9. The second-order valence-corrected chi connectivity index (χ2v) is 11.4. The van der Waals surface area contributed by atoms with E-state index >= 15 is 0 Å². The normalized spacial score (nSPS) is 26.6. The van der Waals surface area contributed by atoms with E-state index in [9.17, 15) is 9.59 Å². The van der Waals surface area contributed by atoms with Crippen LogP contribution in [0.15, 0.2) is 18.2 Å². The first-order valence-electron chi connectivity index (χ1n) is 12.3. The Morgan fingerprint density at radius 3 is 2.85 bits per heavy atom. The molecule has 3 aliphatic rings. The van der Waals surface area contributed by atoms with Crippen LogP contribution in [0.4, 0.5) is 5.00 Å². The SMILES string of the molecule is CCOC(=O)c1c(NC(=O)CCCl)sc2c1[C@@]1(C)CC[C@H]3c4ccc(OC)cc4CC[C@H]3[C@@H]1C2. The molecule has 1 aromatic carbocycles. The Kier molecular flexibility index (Phi) is 6.40. The van der Waals surface area contributed by atoms with Gasteiger partial charge in [0.15, 0.2) is 0 Å². The molecule has 1 heterocycles. The lowest BCUT2D eigenvalue weighted by molar-refractivity contribution is -0.115. The van der Waals surface area contributed by atoms with E-state index in [1.807, 2.05) is 6.92 Å². The third-order valence-electron chi connectivity index (χ3n) is 8.33. The summed E-state index contributed by atoms with van der Waals surface area (Å²) in [5.41, 5.74) is 4.52. The van der Waals surface area contributed by atoms with Crippen LogP contribution in [0.5, 0.6) is 5.75 Å². The van der Waals surface area contributed by atoms with Crippen LogP contribution in [0.3, 0.4) is 0 Å². The molecule has 1 amide bonds. The van der Waals surface area contributed by atoms with Crippen molar-refractivity contribution in [3.05, 3.63) is 45.3 Å². The molecule has 5 rings (SSSR count). The molecule has 0 bridgehead atoms. The van der Waals surface area contributed by atoms with Crippen molar-refractivity contribution in [2.45, 2.75) is 63.7 Å². The number of methoxy groups -OCH3 is 1. The van der Waals surface area contributed by atoms with Crippen LogP contribution in [-0.4, -0.2) is 31.5 Å². The Balaban J connectivity index is 1.50. The van der Waals surface area contributed by atoms with Crippen molar-refractivity contribution in [1.29, 1.82) is 0 Å². The number of carbonyl (C=O) groups is 2. The van der Waals surface area contributed by atoms with E-state index in [0.29, 0.717) is 34.9 Å². The van der Waals surface area contributed by atoms with Gasteiger partial charge < -0.3 is 14.8 Å². The molecular weight excluding hydrogens is 470 g/mol. The number of rotatable bonds is 6. The highest BCUT2D eigenvalue weighted by atomic mass is 35.5. The Bertz CT molecular complexity index is 1130. The summed E-state index contributed by atoms with van der Waals surface area (Å²) in [5, 5.41) is 3.58. The van der Waals surface area contributed by atoms with Gasteiger partial charge in [-0.3, -0.25) is 4.79 Å². The van der Waals surface area contributed by atoms with Crippen molar-refractivity contribution in [2.75, 3.05) is 24.9 Å². The van der Waals surface area contributed by atoms with Gasteiger partial charge in [-0.1, -0.05) is 13.0 Å². The van der Waals surface area contributed by atoms with Crippen LogP contribution in [0.2, 0.25) is 0 Å². The molecule has 1 N–H and O–H groups in total. The van der Waals surface area contributed by atoms with Crippen LogP contribution in [-0.2, 0) is 27.8 Å². The van der Waals surface area contributed by atoms with Crippen LogP contribution in [0, 0.1) is 11.8 Å². The molecule has 5 nitrogen and oxygen atoms in total. The predicted octanol–water partition coefficient (Wildman–Crippen LogP) is 6.07. The van der Waals surface area contributed by atoms with E-state index in [-0.39, 0.29) is 29.6 Å². The maximum Gasteiger partial charge on any atom is 0.341 e. The largest absolute Gasteiger partial charge is 0.497 e. The first kappa shape index (κ1) is 23.7. The zero-order chi connectivity index (χ0) is 24.0. The maximum atomic E-state index is 13.1. The number of nitrogens with one attached hydrogen (secondary N) is 1. The molecule has 3 aliphatic carbocycles. The Morgan fingerprint density at radius 2 is 2.12 bits per heavy atom. The third-order valence-corrected chi connectivity index (χ3v) is 9.65. The number of aryl methyl sites for hydroxylation is 1. The van der Waals surface area contributed by atoms with Gasteiger partial charge in [-0.2, -0.15) is 0 Å². The number of benzene rings is 1. The van der Waals surface area contributed by atoms with E-state index in [1.54, 1.807) is 18.4 Å². The number of amides is 1. The fourth-order valence-electron chi connectivity index (χ4n) is 6.88. The van der Waals surface area contributed by atoms with Gasteiger partial charge in [0.25, 0.3) is 0 Å². The molecule has 0 saturated heterocycles. The van der Waals surface area contributed by atoms with Gasteiger partial charge in [0, 0.05) is 17.2 Å². The molecular formula is C27H32ClNO4S. The average molecular weight is 502 g/mol. The van der Waals surface area contributed by atoms with E-state index in [0.717, 1.165) is 43.4 Å². The monoisotopic (exact) mass is 501 g/mol. The van der Waals surface area contributed by atoms with Crippen LogP contribution in [0.25, 0.3) is 0 Å². The number of hydrogen-bond acceptors (Lipinski definition) is 5. The first-order chi connectivity index (χ1) is 16.4. The molecule has 7 heteroatoms. The van der Waals surface area contributed by atoms with E-state index in [4.69, 9.17) is 21.1 Å². The number of fused-ring (bicyclic) bond motifs is 7. The number of carbonyl (C=O) groups excluding carboxylic acids is 2. The summed E-state index contributed by atoms with van der Waals surface area (Å²) in [6.45, 7) is 4.47. The number of esters is 1. The highest BCUT2D eigenvalue weighted by Crippen LogP contribution is 2.63. The lowest BCUT2D eigenvalue weighted by Gasteiger charge is -2.49. The molecule has 34 heavy (non-hydrogen) atoms. The summed E-state index contributed by atoms with van der Waals surface area (Å²) in [4.78, 5) is 26.7. The summed E-state index contributed by atoms with van der Waals surface area (Å²) >= 11 is 7.32. The molecule has 1 saturated carbocycles. The topological polar surface area (TPSA) is 64.6 Å². The number of anilines is 1. The maximum absolute atomic E-state index is 13.1. The van der Waals surface area contributed by atoms with Crippen LogP contribution >= 0.6 is 22.9 Å². The first-order valence-corrected chi connectivity index (χ1v) is 13.6. The van der Waals surface area contributed by atoms with Crippen molar-refractivity contribution in [3.63, 3.8) is 0 Å². The second kappa shape index (κ2) is 9.19. The zero-order valence-corrected chi connectivity index (χ0v) is 21.6. The summed E-state index contributed by atoms with van der Waals surface area (Å²) in [6, 6.07) is 6.57. The van der Waals surface area contributed by atoms with Gasteiger partial charge >= 0.3 is 5.97 Å². The molecule has 0 unspecified atom stereocenters. The molecule has 4 atom stereocenters. The Labute approximate surface area is 210 Å². The molecule has 1 fully saturated rings. The minimum absolute atomic E-state index is 0.0888. The predicted molar refractivity (Wildman–Crippen MR) is 136 cm³/mol. The Morgan fingerprint density at radius 1 is 1.29 bits per heavy atom. The molecule has 182 valence electrons. The average Bonchev–Trinajstić information content (AvgIpc) is 3.32. The minimum atomic E-state index is -0.328. The van der Waals surface area contributed by atoms with E-state index in [1.165, 1.54) is 16.0 Å². The fourth-order valence-corrected chi connectivity index (χ4v) is 8.45. The lowest BCUT2D eigenvalue weighted by atomic mass is 9.54. The lowest BCUT2D eigenvalue weighted by Crippen LogP contribution is -2.43. The number of ether oxygens (including phenoxy) is 2. The van der Waals surface area contributed by atoms with Gasteiger partial charge in [-0.25, -0.2) is 4.79 Å². The summed E-state index contributed by atoms with van der Waals surface area (Å²) in [5.74, 6) is 2.32. The standard InChI is InChI=1S/C27H32ClNO4S/c1-4-33-26(31)23-24-21(34-25(23)29-22(30)10-12-28)14-20-19-7-5-15-13-16(32-3)6-8-17(15)18(19)9-11-27(20,24)2/h6,8,13,18-20H,4-5,7,9-12,14H2,1-3H3,(H,29,30)/t18-,19+,20-,27-/m0/s1. The van der Waals surface area contributed by atoms with Crippen molar-refractivity contribution >= 4 is 39.8 Å². The van der Waals surface area contributed by atoms with Gasteiger partial charge in [0.05, 0.1) is 19.3 Å². The van der Waals surface area contributed by atoms with Crippen molar-refractivity contribution in [2.24, 2.45) is 11.8 Å². The van der Waals surface area contributed by atoms with Crippen LogP contribution in [0.1, 0.15) is 77.4 Å². The fraction of sp³-hybridized carbons (Fsp3) is 0.556. The van der Waals surface area contributed by atoms with Gasteiger partial charge in [0.1, 0.15) is 10.8 Å². The second-order valence-electron chi connectivity index (χ2n) is 9.95. The van der Waals surface area contributed by atoms with Crippen molar-refractivity contribution in [1.82, 2.24) is 0 Å². The number of hydrogen-bond donors (Lipinski definition) is 1. The van der Waals surface area contributed by atoms with Crippen molar-refractivity contribution in [3.8, 4) is 5.75 Å².